The number of hydrogen-bond acceptors (Lipinski definition) is 2. The van der Waals surface area contributed by atoms with Gasteiger partial charge in [0, 0.05) is 49.8 Å². The van der Waals surface area contributed by atoms with Gasteiger partial charge in [0.1, 0.15) is 5.82 Å². The number of benzene rings is 6. The quantitative estimate of drug-likeness (QED) is 0.177. The fourth-order valence-electron chi connectivity index (χ4n) is 7.97. The van der Waals surface area contributed by atoms with Crippen LogP contribution in [0, 0.1) is 0 Å². The van der Waals surface area contributed by atoms with E-state index in [1.165, 1.54) is 32.6 Å². The Morgan fingerprint density at radius 1 is 0.500 bits per heavy atom. The van der Waals surface area contributed by atoms with E-state index < -0.39 is 0 Å². The molecule has 6 aromatic carbocycles. The summed E-state index contributed by atoms with van der Waals surface area (Å²) in [4.78, 5) is 10.7. The molecule has 10 aromatic rings. The van der Waals surface area contributed by atoms with E-state index in [0.29, 0.717) is 5.95 Å². The van der Waals surface area contributed by atoms with Gasteiger partial charge in [0.2, 0.25) is 5.95 Å². The molecule has 0 spiro atoms. The normalized spacial score (nSPS) is 11.9. The van der Waals surface area contributed by atoms with Crippen LogP contribution in [-0.2, 0) is 0 Å². The van der Waals surface area contributed by atoms with Crippen LogP contribution in [0.15, 0.2) is 164 Å². The molecule has 52 heavy (non-hydrogen) atoms. The molecule has 0 aliphatic rings. The number of para-hydroxylation sites is 5. The van der Waals surface area contributed by atoms with Crippen LogP contribution in [0.1, 0.15) is 18.2 Å². The van der Waals surface area contributed by atoms with Crippen LogP contribution < -0.4 is 0 Å². The van der Waals surface area contributed by atoms with E-state index in [2.05, 4.69) is 184 Å². The van der Waals surface area contributed by atoms with Gasteiger partial charge in [-0.15, -0.1) is 0 Å². The molecule has 4 aromatic heterocycles. The maximum atomic E-state index is 5.38. The predicted octanol–water partition coefficient (Wildman–Crippen LogP) is 12.0. The maximum absolute atomic E-state index is 5.38. The lowest BCUT2D eigenvalue weighted by atomic mass is 10.1. The Kier molecular flexibility index (Phi) is 6.80. The summed E-state index contributed by atoms with van der Waals surface area (Å²) < 4.78 is 6.77. The topological polar surface area (TPSA) is 40.6 Å². The van der Waals surface area contributed by atoms with E-state index in [-0.39, 0.29) is 0 Å². The van der Waals surface area contributed by atoms with Crippen LogP contribution >= 0.6 is 0 Å². The third kappa shape index (κ3) is 4.42. The summed E-state index contributed by atoms with van der Waals surface area (Å²) in [6, 6.07) is 53.6. The second-order valence-electron chi connectivity index (χ2n) is 13.1. The van der Waals surface area contributed by atoms with Crippen molar-refractivity contribution in [2.75, 3.05) is 0 Å². The smallest absolute Gasteiger partial charge is 0.237 e. The van der Waals surface area contributed by atoms with Gasteiger partial charge in [-0.25, -0.2) is 4.98 Å². The van der Waals surface area contributed by atoms with E-state index in [1.807, 2.05) is 13.0 Å². The molecule has 0 saturated heterocycles. The van der Waals surface area contributed by atoms with Gasteiger partial charge in [0.25, 0.3) is 0 Å². The number of nitrogens with zero attached hydrogens (tertiary/aromatic N) is 5. The summed E-state index contributed by atoms with van der Waals surface area (Å²) in [7, 11) is 0. The Balaban J connectivity index is 1.23. The average molecular weight is 668 g/mol. The second-order valence-corrected chi connectivity index (χ2v) is 13.1. The third-order valence-electron chi connectivity index (χ3n) is 10.2. The van der Waals surface area contributed by atoms with Crippen molar-refractivity contribution in [2.24, 2.45) is 0 Å². The first-order valence-electron chi connectivity index (χ1n) is 17.6. The van der Waals surface area contributed by atoms with Crippen molar-refractivity contribution in [2.45, 2.75) is 6.92 Å². The summed E-state index contributed by atoms with van der Waals surface area (Å²) in [6.45, 7) is 6.23. The van der Waals surface area contributed by atoms with Gasteiger partial charge in [0.05, 0.1) is 39.0 Å². The predicted molar refractivity (Wildman–Crippen MR) is 218 cm³/mol. The molecule has 0 N–H and O–H groups in total. The van der Waals surface area contributed by atoms with Crippen LogP contribution in [0.5, 0.6) is 0 Å². The van der Waals surface area contributed by atoms with Crippen molar-refractivity contribution in [3.63, 3.8) is 0 Å². The molecule has 0 aliphatic heterocycles. The summed E-state index contributed by atoms with van der Waals surface area (Å²) in [5, 5.41) is 5.96. The van der Waals surface area contributed by atoms with Gasteiger partial charge < -0.3 is 4.57 Å². The van der Waals surface area contributed by atoms with Gasteiger partial charge in [0.15, 0.2) is 0 Å². The first-order chi connectivity index (χ1) is 25.7. The molecule has 0 unspecified atom stereocenters. The molecule has 10 rings (SSSR count). The molecule has 0 radical (unpaired) electrons. The summed E-state index contributed by atoms with van der Waals surface area (Å²) >= 11 is 0. The van der Waals surface area contributed by atoms with Crippen LogP contribution in [-0.4, -0.2) is 23.7 Å². The highest BCUT2D eigenvalue weighted by Gasteiger charge is 2.21. The molecular formula is C47H33N5. The lowest BCUT2D eigenvalue weighted by Gasteiger charge is -2.15. The van der Waals surface area contributed by atoms with Gasteiger partial charge in [-0.05, 0) is 55.5 Å². The highest BCUT2D eigenvalue weighted by Crippen LogP contribution is 2.36. The van der Waals surface area contributed by atoms with E-state index in [4.69, 9.17) is 9.97 Å². The van der Waals surface area contributed by atoms with Gasteiger partial charge in [-0.3, -0.25) is 9.13 Å². The largest absolute Gasteiger partial charge is 0.309 e. The molecule has 0 atom stereocenters. The van der Waals surface area contributed by atoms with Gasteiger partial charge in [-0.2, -0.15) is 4.98 Å². The van der Waals surface area contributed by atoms with Crippen molar-refractivity contribution < 1.29 is 0 Å². The Hall–Kier alpha value is -6.98. The molecule has 5 nitrogen and oxygen atoms in total. The number of rotatable bonds is 6. The minimum Gasteiger partial charge on any atom is -0.309 e. The molecule has 0 fully saturated rings. The Labute approximate surface area is 300 Å². The molecule has 0 aliphatic carbocycles. The monoisotopic (exact) mass is 667 g/mol. The lowest BCUT2D eigenvalue weighted by molar-refractivity contribution is 0.926. The van der Waals surface area contributed by atoms with Crippen LogP contribution in [0.3, 0.4) is 0 Å². The molecular weight excluding hydrogens is 635 g/mol. The van der Waals surface area contributed by atoms with Gasteiger partial charge >= 0.3 is 0 Å². The zero-order valence-corrected chi connectivity index (χ0v) is 28.6. The second kappa shape index (κ2) is 11.8. The molecule has 246 valence electrons. The zero-order valence-electron chi connectivity index (χ0n) is 28.6. The molecule has 4 heterocycles. The van der Waals surface area contributed by atoms with E-state index in [9.17, 15) is 0 Å². The highest BCUT2D eigenvalue weighted by molar-refractivity contribution is 6.10. The molecule has 5 heteroatoms. The van der Waals surface area contributed by atoms with E-state index in [0.717, 1.165) is 56.0 Å². The SMILES string of the molecule is C=Cc1c(/C=C\C)n(-c2nc(-c3ccc(-n4c5ccccc5c5ccccc54)cc3)cc(-n3c4ccccc4c4ccccc43)n2)c2ccccc12. The Morgan fingerprint density at radius 2 is 0.962 bits per heavy atom. The number of aromatic nitrogens is 5. The van der Waals surface area contributed by atoms with Crippen LogP contribution in [0.2, 0.25) is 0 Å². The van der Waals surface area contributed by atoms with Crippen molar-refractivity contribution in [1.82, 2.24) is 23.7 Å². The first-order valence-corrected chi connectivity index (χ1v) is 17.6. The molecule has 0 bridgehead atoms. The molecule has 0 amide bonds. The standard InChI is InChI=1S/C47H33N5/c1-3-15-40-33(4-2)34-16-5-14-25-45(34)52(40)47-48-39(30-46(49-47)51-43-23-12-8-19-37(43)38-20-9-13-24-44(38)51)31-26-28-32(29-27-31)50-41-21-10-6-17-35(41)36-18-7-11-22-42(36)50/h3-30H,2H2,1H3/b15-3-. The summed E-state index contributed by atoms with van der Waals surface area (Å²) in [5.74, 6) is 1.39. The average Bonchev–Trinajstić information content (AvgIpc) is 3.83. The summed E-state index contributed by atoms with van der Waals surface area (Å²) in [6.07, 6.45) is 6.11. The number of allylic oxidation sites excluding steroid dienone is 1. The lowest BCUT2D eigenvalue weighted by Crippen LogP contribution is -2.08. The van der Waals surface area contributed by atoms with Gasteiger partial charge in [-0.1, -0.05) is 122 Å². The Bertz CT molecular complexity index is 2940. The van der Waals surface area contributed by atoms with E-state index >= 15 is 0 Å². The first kappa shape index (κ1) is 29.9. The fraction of sp³-hybridized carbons (Fsp3) is 0.0213. The van der Waals surface area contributed by atoms with Crippen molar-refractivity contribution >= 4 is 66.7 Å². The van der Waals surface area contributed by atoms with Crippen molar-refractivity contribution in [3.05, 3.63) is 176 Å². The van der Waals surface area contributed by atoms with Crippen molar-refractivity contribution in [1.29, 1.82) is 0 Å². The highest BCUT2D eigenvalue weighted by atomic mass is 15.2. The Morgan fingerprint density at radius 3 is 1.46 bits per heavy atom. The number of hydrogen-bond donors (Lipinski definition) is 0. The zero-order chi connectivity index (χ0) is 34.8. The number of fused-ring (bicyclic) bond motifs is 7. The van der Waals surface area contributed by atoms with E-state index in [1.54, 1.807) is 0 Å². The summed E-state index contributed by atoms with van der Waals surface area (Å²) in [5.41, 5.74) is 10.6. The molecule has 0 saturated carbocycles. The minimum atomic E-state index is 0.596. The maximum Gasteiger partial charge on any atom is 0.237 e. The van der Waals surface area contributed by atoms with Crippen LogP contribution in [0.25, 0.3) is 95.4 Å². The third-order valence-corrected chi connectivity index (χ3v) is 10.2. The van der Waals surface area contributed by atoms with Crippen LogP contribution in [0.4, 0.5) is 0 Å². The fourth-order valence-corrected chi connectivity index (χ4v) is 7.97. The minimum absolute atomic E-state index is 0.596. The van der Waals surface area contributed by atoms with Crippen molar-refractivity contribution in [3.8, 4) is 28.7 Å².